The zero-order chi connectivity index (χ0) is 19.5. The second-order valence-electron chi connectivity index (χ2n) is 7.44. The van der Waals surface area contributed by atoms with Crippen LogP contribution in [0.25, 0.3) is 10.2 Å². The van der Waals surface area contributed by atoms with Crippen LogP contribution in [0.3, 0.4) is 0 Å². The number of likely N-dealkylation sites (N-methyl/N-ethyl adjacent to an activating group) is 1. The zero-order valence-corrected chi connectivity index (χ0v) is 17.3. The van der Waals surface area contributed by atoms with Crippen molar-refractivity contribution in [3.05, 3.63) is 52.2 Å². The molecule has 1 fully saturated rings. The molecule has 3 aromatic rings. The number of hydrogen-bond donors (Lipinski definition) is 0. The quantitative estimate of drug-likeness (QED) is 0.662. The van der Waals surface area contributed by atoms with Crippen molar-refractivity contribution in [3.63, 3.8) is 0 Å². The van der Waals surface area contributed by atoms with Gasteiger partial charge in [-0.2, -0.15) is 5.26 Å². The maximum Gasteiger partial charge on any atom is 0.141 e. The van der Waals surface area contributed by atoms with E-state index in [0.717, 1.165) is 77.7 Å². The molecule has 0 spiro atoms. The minimum atomic E-state index is 0.751. The molecule has 0 saturated carbocycles. The number of hydrogen-bond acceptors (Lipinski definition) is 6. The van der Waals surface area contributed by atoms with E-state index in [-0.39, 0.29) is 0 Å². The third kappa shape index (κ3) is 3.87. The fraction of sp³-hybridized carbons (Fsp3) is 0.409. The van der Waals surface area contributed by atoms with Crippen molar-refractivity contribution in [2.45, 2.75) is 26.2 Å². The van der Waals surface area contributed by atoms with Gasteiger partial charge in [0.05, 0.1) is 5.39 Å². The Morgan fingerprint density at radius 2 is 1.82 bits per heavy atom. The average Bonchev–Trinajstić information content (AvgIpc) is 3.04. The molecule has 1 saturated heterocycles. The fourth-order valence-electron chi connectivity index (χ4n) is 3.72. The lowest BCUT2D eigenvalue weighted by Crippen LogP contribution is -2.45. The topological polar surface area (TPSA) is 56.1 Å². The number of nitrogens with zero attached hydrogens (tertiary/aromatic N) is 5. The van der Waals surface area contributed by atoms with Crippen LogP contribution >= 0.6 is 11.3 Å². The van der Waals surface area contributed by atoms with E-state index in [1.165, 1.54) is 16.9 Å². The van der Waals surface area contributed by atoms with E-state index in [0.29, 0.717) is 0 Å². The first kappa shape index (κ1) is 18.9. The standard InChI is InChI=1S/C22H25N5S/c1-16-18(15-23)28-22-20(16)21(27-13-11-26(2)12-14-27)24-19(25-22)10-6-9-17-7-4-3-5-8-17/h3-5,7-8H,6,9-14H2,1-2H3. The molecule has 0 atom stereocenters. The van der Waals surface area contributed by atoms with Crippen molar-refractivity contribution in [2.75, 3.05) is 38.1 Å². The largest absolute Gasteiger partial charge is 0.353 e. The monoisotopic (exact) mass is 391 g/mol. The predicted molar refractivity (Wildman–Crippen MR) is 115 cm³/mol. The van der Waals surface area contributed by atoms with Crippen LogP contribution in [0.4, 0.5) is 5.82 Å². The van der Waals surface area contributed by atoms with Gasteiger partial charge in [0.1, 0.15) is 27.4 Å². The van der Waals surface area contributed by atoms with E-state index < -0.39 is 0 Å². The van der Waals surface area contributed by atoms with Crippen LogP contribution in [-0.2, 0) is 12.8 Å². The van der Waals surface area contributed by atoms with E-state index in [1.54, 1.807) is 0 Å². The molecule has 0 amide bonds. The summed E-state index contributed by atoms with van der Waals surface area (Å²) in [6, 6.07) is 12.9. The number of aryl methyl sites for hydroxylation is 3. The molecule has 1 aliphatic heterocycles. The SMILES string of the molecule is Cc1c(C#N)sc2nc(CCCc3ccccc3)nc(N3CCN(C)CC3)c12. The third-order valence-corrected chi connectivity index (χ3v) is 6.52. The van der Waals surface area contributed by atoms with Crippen molar-refractivity contribution >= 4 is 27.4 Å². The highest BCUT2D eigenvalue weighted by molar-refractivity contribution is 7.19. The highest BCUT2D eigenvalue weighted by atomic mass is 32.1. The smallest absolute Gasteiger partial charge is 0.141 e. The first-order valence-electron chi connectivity index (χ1n) is 9.83. The van der Waals surface area contributed by atoms with Crippen molar-refractivity contribution in [2.24, 2.45) is 0 Å². The van der Waals surface area contributed by atoms with Gasteiger partial charge in [-0.3, -0.25) is 0 Å². The second-order valence-corrected chi connectivity index (χ2v) is 8.44. The molecule has 0 unspecified atom stereocenters. The molecule has 2 aromatic heterocycles. The van der Waals surface area contributed by atoms with E-state index in [4.69, 9.17) is 9.97 Å². The summed E-state index contributed by atoms with van der Waals surface area (Å²) in [7, 11) is 2.16. The summed E-state index contributed by atoms with van der Waals surface area (Å²) in [5, 5.41) is 10.6. The Labute approximate surface area is 170 Å². The molecular formula is C22H25N5S. The van der Waals surface area contributed by atoms with Gasteiger partial charge in [-0.15, -0.1) is 11.3 Å². The van der Waals surface area contributed by atoms with Crippen molar-refractivity contribution in [3.8, 4) is 6.07 Å². The number of rotatable bonds is 5. The Morgan fingerprint density at radius 1 is 1.07 bits per heavy atom. The van der Waals surface area contributed by atoms with Crippen LogP contribution in [0, 0.1) is 18.3 Å². The van der Waals surface area contributed by atoms with E-state index >= 15 is 0 Å². The van der Waals surface area contributed by atoms with E-state index in [9.17, 15) is 5.26 Å². The van der Waals surface area contributed by atoms with Crippen LogP contribution in [-0.4, -0.2) is 48.1 Å². The lowest BCUT2D eigenvalue weighted by Gasteiger charge is -2.33. The van der Waals surface area contributed by atoms with Gasteiger partial charge in [0.25, 0.3) is 0 Å². The van der Waals surface area contributed by atoms with Crippen LogP contribution in [0.1, 0.15) is 28.2 Å². The molecule has 0 N–H and O–H groups in total. The molecule has 0 aliphatic carbocycles. The molecule has 4 rings (SSSR count). The fourth-order valence-corrected chi connectivity index (χ4v) is 4.71. The van der Waals surface area contributed by atoms with Crippen molar-refractivity contribution in [1.82, 2.24) is 14.9 Å². The number of fused-ring (bicyclic) bond motifs is 1. The first-order valence-corrected chi connectivity index (χ1v) is 10.6. The number of anilines is 1. The van der Waals surface area contributed by atoms with Crippen molar-refractivity contribution < 1.29 is 0 Å². The maximum atomic E-state index is 9.48. The van der Waals surface area contributed by atoms with Crippen molar-refractivity contribution in [1.29, 1.82) is 5.26 Å². The third-order valence-electron chi connectivity index (χ3n) is 5.43. The summed E-state index contributed by atoms with van der Waals surface area (Å²) in [4.78, 5) is 16.2. The number of aromatic nitrogens is 2. The predicted octanol–water partition coefficient (Wildman–Crippen LogP) is 3.80. The highest BCUT2D eigenvalue weighted by Crippen LogP contribution is 2.35. The first-order chi connectivity index (χ1) is 13.7. The molecule has 3 heterocycles. The van der Waals surface area contributed by atoms with Gasteiger partial charge in [-0.25, -0.2) is 9.97 Å². The van der Waals surface area contributed by atoms with Crippen LogP contribution in [0.2, 0.25) is 0 Å². The summed E-state index contributed by atoms with van der Waals surface area (Å²) in [6.45, 7) is 6.01. The molecule has 5 nitrogen and oxygen atoms in total. The van der Waals surface area contributed by atoms with Crippen LogP contribution in [0.5, 0.6) is 0 Å². The van der Waals surface area contributed by atoms with Gasteiger partial charge in [-0.05, 0) is 37.9 Å². The van der Waals surface area contributed by atoms with Gasteiger partial charge in [0, 0.05) is 32.6 Å². The molecular weight excluding hydrogens is 366 g/mol. The molecule has 0 bridgehead atoms. The van der Waals surface area contributed by atoms with Gasteiger partial charge in [0.15, 0.2) is 0 Å². The number of benzene rings is 1. The average molecular weight is 392 g/mol. The van der Waals surface area contributed by atoms with E-state index in [2.05, 4.69) is 53.2 Å². The summed E-state index contributed by atoms with van der Waals surface area (Å²) in [5.41, 5.74) is 2.37. The van der Waals surface area contributed by atoms with E-state index in [1.807, 2.05) is 6.92 Å². The Hall–Kier alpha value is -2.49. The Morgan fingerprint density at radius 3 is 2.54 bits per heavy atom. The lowest BCUT2D eigenvalue weighted by molar-refractivity contribution is 0.312. The Balaban J connectivity index is 1.63. The minimum Gasteiger partial charge on any atom is -0.353 e. The summed E-state index contributed by atoms with van der Waals surface area (Å²) in [5.74, 6) is 1.91. The summed E-state index contributed by atoms with van der Waals surface area (Å²) < 4.78 is 0. The maximum absolute atomic E-state index is 9.48. The second kappa shape index (κ2) is 8.26. The Bertz CT molecular complexity index is 997. The number of nitriles is 1. The van der Waals surface area contributed by atoms with Gasteiger partial charge in [-0.1, -0.05) is 30.3 Å². The minimum absolute atomic E-state index is 0.751. The number of thiophene rings is 1. The lowest BCUT2D eigenvalue weighted by atomic mass is 10.1. The molecule has 6 heteroatoms. The van der Waals surface area contributed by atoms with Gasteiger partial charge >= 0.3 is 0 Å². The van der Waals surface area contributed by atoms with Crippen LogP contribution in [0.15, 0.2) is 30.3 Å². The van der Waals surface area contributed by atoms with Crippen LogP contribution < -0.4 is 4.90 Å². The zero-order valence-electron chi connectivity index (χ0n) is 16.5. The summed E-state index contributed by atoms with van der Waals surface area (Å²) >= 11 is 1.50. The van der Waals surface area contributed by atoms with Gasteiger partial charge < -0.3 is 9.80 Å². The number of piperazine rings is 1. The molecule has 144 valence electrons. The molecule has 0 radical (unpaired) electrons. The molecule has 1 aliphatic rings. The Kier molecular flexibility index (Phi) is 5.56. The molecule has 1 aromatic carbocycles. The van der Waals surface area contributed by atoms with Gasteiger partial charge in [0.2, 0.25) is 0 Å². The highest BCUT2D eigenvalue weighted by Gasteiger charge is 2.22. The molecule has 28 heavy (non-hydrogen) atoms. The summed E-state index contributed by atoms with van der Waals surface area (Å²) in [6.07, 6.45) is 2.90. The normalized spacial score (nSPS) is 15.1.